The molecule has 4 rings (SSSR count). The molecule has 1 atom stereocenters. The van der Waals surface area contributed by atoms with E-state index >= 15 is 0 Å². The molecule has 0 bridgehead atoms. The number of thiophene rings is 1. The number of benzene rings is 1. The van der Waals surface area contributed by atoms with E-state index in [9.17, 15) is 9.90 Å². The van der Waals surface area contributed by atoms with E-state index in [0.29, 0.717) is 28.4 Å². The lowest BCUT2D eigenvalue weighted by Crippen LogP contribution is -2.29. The first-order chi connectivity index (χ1) is 12.1. The summed E-state index contributed by atoms with van der Waals surface area (Å²) in [6.45, 7) is 0.407. The van der Waals surface area contributed by atoms with Gasteiger partial charge in [-0.25, -0.2) is 0 Å². The highest BCUT2D eigenvalue weighted by Gasteiger charge is 2.39. The van der Waals surface area contributed by atoms with Gasteiger partial charge in [0.05, 0.1) is 4.88 Å². The van der Waals surface area contributed by atoms with E-state index in [2.05, 4.69) is 10.3 Å². The van der Waals surface area contributed by atoms with Crippen LogP contribution in [-0.2, 0) is 5.60 Å². The molecule has 1 aromatic carbocycles. The molecule has 25 heavy (non-hydrogen) atoms. The molecule has 0 radical (unpaired) electrons. The van der Waals surface area contributed by atoms with Gasteiger partial charge >= 0.3 is 0 Å². The van der Waals surface area contributed by atoms with Gasteiger partial charge in [-0.3, -0.25) is 9.78 Å². The first kappa shape index (κ1) is 16.3. The van der Waals surface area contributed by atoms with E-state index in [0.717, 1.165) is 16.0 Å². The number of nitrogens with one attached hydrogen (secondary N) is 1. The van der Waals surface area contributed by atoms with E-state index in [4.69, 9.17) is 11.6 Å². The van der Waals surface area contributed by atoms with Crippen LogP contribution in [0.2, 0.25) is 5.02 Å². The van der Waals surface area contributed by atoms with Crippen LogP contribution in [0.1, 0.15) is 27.2 Å². The number of fused-ring (bicyclic) bond motifs is 1. The number of aliphatic hydroxyl groups is 1. The first-order valence-electron chi connectivity index (χ1n) is 7.89. The van der Waals surface area contributed by atoms with Gasteiger partial charge in [-0.05, 0) is 41.5 Å². The Morgan fingerprint density at radius 3 is 2.60 bits per heavy atom. The Balaban J connectivity index is 1.89. The summed E-state index contributed by atoms with van der Waals surface area (Å²) >= 11 is 7.37. The minimum Gasteiger partial charge on any atom is -0.380 e. The molecule has 0 aliphatic carbocycles. The van der Waals surface area contributed by atoms with Crippen molar-refractivity contribution < 1.29 is 9.90 Å². The van der Waals surface area contributed by atoms with Crippen molar-refractivity contribution in [2.75, 3.05) is 6.54 Å². The van der Waals surface area contributed by atoms with Crippen LogP contribution in [0.4, 0.5) is 0 Å². The monoisotopic (exact) mass is 370 g/mol. The van der Waals surface area contributed by atoms with Crippen LogP contribution in [0.5, 0.6) is 0 Å². The Morgan fingerprint density at radius 1 is 1.16 bits per heavy atom. The average Bonchev–Trinajstić information content (AvgIpc) is 3.04. The quantitative estimate of drug-likeness (QED) is 0.720. The van der Waals surface area contributed by atoms with E-state index in [1.165, 1.54) is 11.3 Å². The number of amides is 1. The second-order valence-corrected chi connectivity index (χ2v) is 7.45. The summed E-state index contributed by atoms with van der Waals surface area (Å²) in [5, 5.41) is 15.0. The van der Waals surface area contributed by atoms with Crippen molar-refractivity contribution in [2.45, 2.75) is 12.0 Å². The van der Waals surface area contributed by atoms with Gasteiger partial charge in [0.1, 0.15) is 5.60 Å². The molecule has 2 aromatic heterocycles. The van der Waals surface area contributed by atoms with Crippen molar-refractivity contribution in [3.63, 3.8) is 0 Å². The highest BCUT2D eigenvalue weighted by Crippen LogP contribution is 2.43. The summed E-state index contributed by atoms with van der Waals surface area (Å²) in [6, 6.07) is 12.8. The second kappa shape index (κ2) is 6.26. The van der Waals surface area contributed by atoms with Gasteiger partial charge < -0.3 is 10.4 Å². The average molecular weight is 371 g/mol. The molecule has 0 saturated carbocycles. The molecule has 3 heterocycles. The molecule has 2 N–H and O–H groups in total. The third kappa shape index (κ3) is 2.84. The normalized spacial score (nSPS) is 19.8. The van der Waals surface area contributed by atoms with Crippen LogP contribution < -0.4 is 5.32 Å². The number of carbonyl (C=O) groups is 1. The topological polar surface area (TPSA) is 62.2 Å². The third-order valence-electron chi connectivity index (χ3n) is 4.44. The number of hydrogen-bond acceptors (Lipinski definition) is 4. The lowest BCUT2D eigenvalue weighted by atomic mass is 9.84. The predicted octanol–water partition coefficient (Wildman–Crippen LogP) is 3.83. The number of nitrogens with zero attached hydrogens (tertiary/aromatic N) is 1. The molecule has 1 aliphatic heterocycles. The zero-order valence-corrected chi connectivity index (χ0v) is 14.8. The SMILES string of the molecule is O=C1NCCC(O)(c2ccc(Cl)cc2)c2cc(-c3ccncc3)sc21. The molecular formula is C19H15ClN2O2S. The van der Waals surface area contributed by atoms with Crippen LogP contribution >= 0.6 is 22.9 Å². The van der Waals surface area contributed by atoms with E-state index < -0.39 is 5.60 Å². The van der Waals surface area contributed by atoms with Crippen molar-refractivity contribution in [3.05, 3.63) is 75.9 Å². The van der Waals surface area contributed by atoms with Crippen LogP contribution in [0.15, 0.2) is 54.9 Å². The Hall–Kier alpha value is -2.21. The van der Waals surface area contributed by atoms with Gasteiger partial charge in [0, 0.05) is 40.8 Å². The standard InChI is InChI=1S/C19H15ClN2O2S/c20-14-3-1-13(2-4-14)19(24)7-10-22-18(23)17-15(19)11-16(25-17)12-5-8-21-9-6-12/h1-6,8-9,11,24H,7,10H2,(H,22,23). The molecule has 1 unspecified atom stereocenters. The maximum atomic E-state index is 12.5. The number of carbonyl (C=O) groups excluding carboxylic acids is 1. The fraction of sp³-hybridized carbons (Fsp3) is 0.158. The number of aromatic nitrogens is 1. The maximum Gasteiger partial charge on any atom is 0.261 e. The molecule has 1 amide bonds. The molecule has 6 heteroatoms. The minimum atomic E-state index is -1.24. The smallest absolute Gasteiger partial charge is 0.261 e. The lowest BCUT2D eigenvalue weighted by molar-refractivity contribution is 0.0739. The summed E-state index contributed by atoms with van der Waals surface area (Å²) < 4.78 is 0. The maximum absolute atomic E-state index is 12.5. The zero-order valence-electron chi connectivity index (χ0n) is 13.2. The molecule has 0 fully saturated rings. The summed E-state index contributed by atoms with van der Waals surface area (Å²) in [6.07, 6.45) is 3.83. The molecular weight excluding hydrogens is 356 g/mol. The first-order valence-corrected chi connectivity index (χ1v) is 9.09. The van der Waals surface area contributed by atoms with E-state index in [-0.39, 0.29) is 5.91 Å². The summed E-state index contributed by atoms with van der Waals surface area (Å²) in [5.74, 6) is -0.148. The number of pyridine rings is 1. The minimum absolute atomic E-state index is 0.148. The summed E-state index contributed by atoms with van der Waals surface area (Å²) in [4.78, 5) is 18.0. The van der Waals surface area contributed by atoms with Crippen LogP contribution in [0, 0.1) is 0 Å². The Kier molecular flexibility index (Phi) is 4.07. The fourth-order valence-corrected chi connectivity index (χ4v) is 4.40. The largest absolute Gasteiger partial charge is 0.380 e. The number of rotatable bonds is 2. The lowest BCUT2D eigenvalue weighted by Gasteiger charge is -2.27. The molecule has 3 aromatic rings. The summed E-state index contributed by atoms with van der Waals surface area (Å²) in [5.41, 5.74) is 1.11. The predicted molar refractivity (Wildman–Crippen MR) is 99.0 cm³/mol. The highest BCUT2D eigenvalue weighted by atomic mass is 35.5. The van der Waals surface area contributed by atoms with Gasteiger partial charge in [-0.2, -0.15) is 0 Å². The Morgan fingerprint density at radius 2 is 1.88 bits per heavy atom. The Bertz CT molecular complexity index is 924. The van der Waals surface area contributed by atoms with Crippen LogP contribution in [0.25, 0.3) is 10.4 Å². The van der Waals surface area contributed by atoms with Gasteiger partial charge in [0.2, 0.25) is 0 Å². The summed E-state index contributed by atoms with van der Waals surface area (Å²) in [7, 11) is 0. The second-order valence-electron chi connectivity index (χ2n) is 5.96. The molecule has 0 spiro atoms. The highest BCUT2D eigenvalue weighted by molar-refractivity contribution is 7.17. The Labute approximate surface area is 154 Å². The van der Waals surface area contributed by atoms with Crippen molar-refractivity contribution >= 4 is 28.8 Å². The van der Waals surface area contributed by atoms with Crippen LogP contribution in [-0.4, -0.2) is 22.5 Å². The van der Waals surface area contributed by atoms with Crippen molar-refractivity contribution in [2.24, 2.45) is 0 Å². The van der Waals surface area contributed by atoms with E-state index in [1.54, 1.807) is 24.5 Å². The zero-order chi connectivity index (χ0) is 17.4. The molecule has 1 aliphatic rings. The van der Waals surface area contributed by atoms with E-state index in [1.807, 2.05) is 30.3 Å². The molecule has 0 saturated heterocycles. The van der Waals surface area contributed by atoms with Gasteiger partial charge in [-0.15, -0.1) is 11.3 Å². The third-order valence-corrected chi connectivity index (χ3v) is 5.88. The molecule has 4 nitrogen and oxygen atoms in total. The van der Waals surface area contributed by atoms with Crippen molar-refractivity contribution in [1.82, 2.24) is 10.3 Å². The van der Waals surface area contributed by atoms with Crippen molar-refractivity contribution in [3.8, 4) is 10.4 Å². The van der Waals surface area contributed by atoms with Gasteiger partial charge in [0.25, 0.3) is 5.91 Å². The number of hydrogen-bond donors (Lipinski definition) is 2. The van der Waals surface area contributed by atoms with Crippen molar-refractivity contribution in [1.29, 1.82) is 0 Å². The molecule has 126 valence electrons. The fourth-order valence-electron chi connectivity index (χ4n) is 3.12. The van der Waals surface area contributed by atoms with Crippen LogP contribution in [0.3, 0.4) is 0 Å². The van der Waals surface area contributed by atoms with Gasteiger partial charge in [-0.1, -0.05) is 23.7 Å². The van der Waals surface area contributed by atoms with Gasteiger partial charge in [0.15, 0.2) is 0 Å². The number of halogens is 1.